The molecular weight excluding hydrogens is 334 g/mol. The van der Waals surface area contributed by atoms with Gasteiger partial charge in [-0.2, -0.15) is 4.98 Å². The Morgan fingerprint density at radius 1 is 1.28 bits per heavy atom. The highest BCUT2D eigenvalue weighted by molar-refractivity contribution is 7.80. The normalized spacial score (nSPS) is 28.8. The zero-order valence-electron chi connectivity index (χ0n) is 15.2. The van der Waals surface area contributed by atoms with Crippen molar-refractivity contribution < 1.29 is 5.11 Å². The molecule has 1 heterocycles. The zero-order chi connectivity index (χ0) is 18.1. The van der Waals surface area contributed by atoms with Gasteiger partial charge in [-0.15, -0.1) is 0 Å². The van der Waals surface area contributed by atoms with Crippen molar-refractivity contribution in [2.45, 2.75) is 46.1 Å². The summed E-state index contributed by atoms with van der Waals surface area (Å²) in [6, 6.07) is 0.242. The molecule has 138 valence electrons. The number of nitrogens with one attached hydrogen (secondary N) is 2. The first-order valence-electron chi connectivity index (χ1n) is 9.20. The third-order valence-electron chi connectivity index (χ3n) is 5.90. The molecule has 2 aliphatic carbocycles. The molecule has 4 unspecified atom stereocenters. The van der Waals surface area contributed by atoms with Crippen LogP contribution in [0.1, 0.15) is 44.4 Å². The molecule has 0 amide bonds. The highest BCUT2D eigenvalue weighted by atomic mass is 32.1. The Balaban J connectivity index is 1.83. The number of anilines is 2. The van der Waals surface area contributed by atoms with E-state index in [0.717, 1.165) is 30.1 Å². The fourth-order valence-electron chi connectivity index (χ4n) is 3.77. The van der Waals surface area contributed by atoms with Gasteiger partial charge in [0.05, 0.1) is 11.3 Å². The molecule has 25 heavy (non-hydrogen) atoms. The predicted octanol–water partition coefficient (Wildman–Crippen LogP) is 2.31. The van der Waals surface area contributed by atoms with Crippen LogP contribution >= 0.6 is 12.2 Å². The van der Waals surface area contributed by atoms with Crippen molar-refractivity contribution >= 4 is 29.0 Å². The lowest BCUT2D eigenvalue weighted by molar-refractivity contribution is 0.191. The highest BCUT2D eigenvalue weighted by Gasteiger charge is 2.38. The maximum Gasteiger partial charge on any atom is 0.224 e. The number of aliphatic hydroxyl groups is 1. The maximum absolute atomic E-state index is 9.59. The third kappa shape index (κ3) is 4.03. The lowest BCUT2D eigenvalue weighted by atomic mass is 9.92. The first kappa shape index (κ1) is 18.3. The van der Waals surface area contributed by atoms with Crippen molar-refractivity contribution in [2.24, 2.45) is 29.4 Å². The number of rotatable bonds is 7. The molecule has 0 bridgehead atoms. The molecule has 0 aliphatic heterocycles. The van der Waals surface area contributed by atoms with Gasteiger partial charge in [-0.3, -0.25) is 0 Å². The van der Waals surface area contributed by atoms with Gasteiger partial charge >= 0.3 is 0 Å². The van der Waals surface area contributed by atoms with Gasteiger partial charge in [0.25, 0.3) is 0 Å². The number of aromatic nitrogens is 2. The number of nitrogens with zero attached hydrogens (tertiary/aromatic N) is 2. The Morgan fingerprint density at radius 3 is 2.56 bits per heavy atom. The highest BCUT2D eigenvalue weighted by Crippen LogP contribution is 2.38. The summed E-state index contributed by atoms with van der Waals surface area (Å²) >= 11 is 5.23. The van der Waals surface area contributed by atoms with Crippen LogP contribution in [0.25, 0.3) is 0 Å². The molecule has 0 saturated heterocycles. The van der Waals surface area contributed by atoms with Crippen LogP contribution in [0, 0.1) is 30.6 Å². The van der Waals surface area contributed by atoms with E-state index < -0.39 is 0 Å². The molecule has 0 radical (unpaired) electrons. The fraction of sp³-hybridized carbons (Fsp3) is 0.722. The zero-order valence-corrected chi connectivity index (χ0v) is 16.1. The molecule has 1 aromatic heterocycles. The Labute approximate surface area is 155 Å². The van der Waals surface area contributed by atoms with Crippen molar-refractivity contribution in [3.05, 3.63) is 11.3 Å². The van der Waals surface area contributed by atoms with Crippen LogP contribution in [-0.2, 0) is 0 Å². The molecule has 3 rings (SSSR count). The second-order valence-electron chi connectivity index (χ2n) is 7.69. The maximum atomic E-state index is 9.59. The standard InChI is InChI=1S/C18H29N5OS/c1-9-10(2)14(6-13(9)8-24)22-17-15(16(19)25)11(3)21-18(23-17)20-7-12-4-5-12/h9-10,12-14,24H,4-8H2,1-3H3,(H2,19,25)(H2,20,21,22,23). The van der Waals surface area contributed by atoms with Gasteiger partial charge in [0.15, 0.2) is 0 Å². The van der Waals surface area contributed by atoms with Crippen LogP contribution in [-0.4, -0.2) is 39.3 Å². The Bertz CT molecular complexity index is 649. The number of aryl methyl sites for hydroxylation is 1. The molecule has 2 saturated carbocycles. The van der Waals surface area contributed by atoms with Crippen molar-refractivity contribution in [3.63, 3.8) is 0 Å². The summed E-state index contributed by atoms with van der Waals surface area (Å²) in [6.45, 7) is 7.48. The number of thiocarbonyl (C=S) groups is 1. The minimum atomic E-state index is 0.225. The van der Waals surface area contributed by atoms with Crippen molar-refractivity contribution in [2.75, 3.05) is 23.8 Å². The van der Waals surface area contributed by atoms with E-state index in [1.165, 1.54) is 12.8 Å². The number of hydrogen-bond acceptors (Lipinski definition) is 6. The molecule has 2 aliphatic rings. The monoisotopic (exact) mass is 363 g/mol. The molecule has 0 aromatic carbocycles. The second kappa shape index (κ2) is 7.41. The van der Waals surface area contributed by atoms with E-state index in [1.54, 1.807) is 0 Å². The molecule has 7 heteroatoms. The summed E-state index contributed by atoms with van der Waals surface area (Å²) < 4.78 is 0. The van der Waals surface area contributed by atoms with E-state index in [0.29, 0.717) is 34.5 Å². The Kier molecular flexibility index (Phi) is 5.43. The lowest BCUT2D eigenvalue weighted by Gasteiger charge is -2.22. The average molecular weight is 364 g/mol. The first-order valence-corrected chi connectivity index (χ1v) is 9.61. The summed E-state index contributed by atoms with van der Waals surface area (Å²) in [6.07, 6.45) is 3.48. The van der Waals surface area contributed by atoms with Gasteiger partial charge in [0.1, 0.15) is 10.8 Å². The van der Waals surface area contributed by atoms with Crippen LogP contribution < -0.4 is 16.4 Å². The summed E-state index contributed by atoms with van der Waals surface area (Å²) in [5.41, 5.74) is 7.45. The Hall–Kier alpha value is -1.47. The number of aliphatic hydroxyl groups excluding tert-OH is 1. The van der Waals surface area contributed by atoms with Crippen LogP contribution in [0.3, 0.4) is 0 Å². The average Bonchev–Trinajstić information content (AvgIpc) is 3.34. The van der Waals surface area contributed by atoms with E-state index >= 15 is 0 Å². The molecule has 5 N–H and O–H groups in total. The smallest absolute Gasteiger partial charge is 0.224 e. The Morgan fingerprint density at radius 2 is 2.00 bits per heavy atom. The lowest BCUT2D eigenvalue weighted by Crippen LogP contribution is -2.27. The van der Waals surface area contributed by atoms with Crippen molar-refractivity contribution in [3.8, 4) is 0 Å². The van der Waals surface area contributed by atoms with E-state index in [4.69, 9.17) is 18.0 Å². The molecule has 2 fully saturated rings. The first-order chi connectivity index (χ1) is 11.9. The van der Waals surface area contributed by atoms with Gasteiger partial charge in [-0.1, -0.05) is 26.1 Å². The van der Waals surface area contributed by atoms with E-state index in [2.05, 4.69) is 34.4 Å². The second-order valence-corrected chi connectivity index (χ2v) is 8.13. The van der Waals surface area contributed by atoms with E-state index in [9.17, 15) is 5.11 Å². The summed E-state index contributed by atoms with van der Waals surface area (Å²) in [4.78, 5) is 9.50. The number of hydrogen-bond donors (Lipinski definition) is 4. The van der Waals surface area contributed by atoms with Crippen molar-refractivity contribution in [1.29, 1.82) is 0 Å². The molecule has 6 nitrogen and oxygen atoms in total. The van der Waals surface area contributed by atoms with Gasteiger partial charge in [0.2, 0.25) is 5.95 Å². The summed E-state index contributed by atoms with van der Waals surface area (Å²) in [7, 11) is 0. The van der Waals surface area contributed by atoms with Crippen LogP contribution in [0.5, 0.6) is 0 Å². The molecule has 1 aromatic rings. The van der Waals surface area contributed by atoms with Gasteiger partial charge in [-0.05, 0) is 49.9 Å². The molecule has 0 spiro atoms. The van der Waals surface area contributed by atoms with Gasteiger partial charge < -0.3 is 21.5 Å². The van der Waals surface area contributed by atoms with Gasteiger partial charge in [-0.25, -0.2) is 4.98 Å². The van der Waals surface area contributed by atoms with Crippen LogP contribution in [0.4, 0.5) is 11.8 Å². The SMILES string of the molecule is Cc1nc(NCC2CC2)nc(NC2CC(CO)C(C)C2C)c1C(N)=S. The van der Waals surface area contributed by atoms with Crippen LogP contribution in [0.2, 0.25) is 0 Å². The predicted molar refractivity (Wildman–Crippen MR) is 105 cm³/mol. The van der Waals surface area contributed by atoms with Gasteiger partial charge in [0, 0.05) is 19.2 Å². The third-order valence-corrected chi connectivity index (χ3v) is 6.11. The fourth-order valence-corrected chi connectivity index (χ4v) is 4.01. The molecule has 4 atom stereocenters. The van der Waals surface area contributed by atoms with Crippen molar-refractivity contribution in [1.82, 2.24) is 9.97 Å². The molecular formula is C18H29N5OS. The largest absolute Gasteiger partial charge is 0.396 e. The van der Waals surface area contributed by atoms with Crippen LogP contribution in [0.15, 0.2) is 0 Å². The minimum absolute atomic E-state index is 0.225. The topological polar surface area (TPSA) is 96.1 Å². The summed E-state index contributed by atoms with van der Waals surface area (Å²) in [5, 5.41) is 16.5. The van der Waals surface area contributed by atoms with E-state index in [-0.39, 0.29) is 12.6 Å². The quantitative estimate of drug-likeness (QED) is 0.552. The van der Waals surface area contributed by atoms with E-state index in [1.807, 2.05) is 6.92 Å². The minimum Gasteiger partial charge on any atom is -0.396 e. The number of nitrogens with two attached hydrogens (primary N) is 1. The summed E-state index contributed by atoms with van der Waals surface area (Å²) in [5.74, 6) is 3.30.